The van der Waals surface area contributed by atoms with Gasteiger partial charge in [-0.1, -0.05) is 0 Å². The van der Waals surface area contributed by atoms with E-state index in [1.54, 1.807) is 6.33 Å². The van der Waals surface area contributed by atoms with Crippen molar-refractivity contribution >= 4 is 17.2 Å². The Morgan fingerprint density at radius 3 is 2.42 bits per heavy atom. The van der Waals surface area contributed by atoms with Gasteiger partial charge in [0, 0.05) is 54.6 Å². The molecule has 2 bridgehead atoms. The van der Waals surface area contributed by atoms with Crippen LogP contribution in [0.5, 0.6) is 0 Å². The third kappa shape index (κ3) is 2.80. The Labute approximate surface area is 180 Å². The molecule has 2 aliphatic carbocycles. The largest absolute Gasteiger partial charge is 0.351 e. The average molecular weight is 418 g/mol. The molecule has 2 saturated heterocycles. The number of carbonyl (C=O) groups excluding carboxylic acids is 1. The Kier molecular flexibility index (Phi) is 3.75. The van der Waals surface area contributed by atoms with Crippen molar-refractivity contribution in [3.05, 3.63) is 31.0 Å². The minimum Gasteiger partial charge on any atom is -0.351 e. The number of aromatic nitrogens is 5. The number of amides is 1. The predicted molar refractivity (Wildman–Crippen MR) is 116 cm³/mol. The van der Waals surface area contributed by atoms with Crippen LogP contribution in [0.4, 0.5) is 5.82 Å². The maximum Gasteiger partial charge on any atom is 0.226 e. The molecule has 1 amide bonds. The van der Waals surface area contributed by atoms with Gasteiger partial charge in [-0.3, -0.25) is 9.48 Å². The maximum absolute atomic E-state index is 12.8. The SMILES string of the molecule is O=C(C1CC1)N1C2CCC1CN(c1ncnn3cc(-c4cnn(C5CCC5)c4)cc13)C2. The average Bonchev–Trinajstić information content (AvgIpc) is 3.22. The molecule has 2 unspecified atom stereocenters. The molecular formula is C23H27N7O. The minimum atomic E-state index is 0.300. The lowest BCUT2D eigenvalue weighted by Gasteiger charge is -2.41. The Bertz CT molecular complexity index is 1140. The highest BCUT2D eigenvalue weighted by atomic mass is 16.2. The van der Waals surface area contributed by atoms with E-state index in [1.807, 2.05) is 10.7 Å². The molecule has 0 spiro atoms. The summed E-state index contributed by atoms with van der Waals surface area (Å²) >= 11 is 0. The second kappa shape index (κ2) is 6.55. The van der Waals surface area contributed by atoms with Gasteiger partial charge in [0.15, 0.2) is 5.82 Å². The normalized spacial score (nSPS) is 25.9. The number of rotatable bonds is 4. The van der Waals surface area contributed by atoms with Crippen molar-refractivity contribution in [2.24, 2.45) is 5.92 Å². The van der Waals surface area contributed by atoms with Crippen molar-refractivity contribution in [1.29, 1.82) is 0 Å². The van der Waals surface area contributed by atoms with Crippen LogP contribution in [0.2, 0.25) is 0 Å². The molecule has 0 N–H and O–H groups in total. The van der Waals surface area contributed by atoms with Crippen LogP contribution in [0.15, 0.2) is 31.0 Å². The molecule has 8 nitrogen and oxygen atoms in total. The molecule has 0 radical (unpaired) electrons. The summed E-state index contributed by atoms with van der Waals surface area (Å²) in [5.41, 5.74) is 3.27. The first-order valence-corrected chi connectivity index (χ1v) is 11.7. The summed E-state index contributed by atoms with van der Waals surface area (Å²) in [6, 6.07) is 3.38. The fourth-order valence-electron chi connectivity index (χ4n) is 5.63. The number of piperazine rings is 1. The molecule has 3 aromatic rings. The molecule has 2 atom stereocenters. The van der Waals surface area contributed by atoms with Gasteiger partial charge in [-0.25, -0.2) is 9.50 Å². The molecule has 4 aliphatic rings. The molecule has 2 aliphatic heterocycles. The zero-order chi connectivity index (χ0) is 20.5. The standard InChI is InChI=1S/C23H27N7O/c31-23(15-4-5-15)30-19-6-7-20(30)13-27(12-19)22-21-8-16(10-29(21)26-14-24-22)17-9-25-28(11-17)18-2-1-3-18/h8-11,14-15,18-20H,1-7,12-13H2. The molecular weight excluding hydrogens is 390 g/mol. The number of hydrogen-bond acceptors (Lipinski definition) is 5. The van der Waals surface area contributed by atoms with Gasteiger partial charge in [-0.05, 0) is 51.0 Å². The van der Waals surface area contributed by atoms with Crippen molar-refractivity contribution in [2.45, 2.75) is 63.1 Å². The first kappa shape index (κ1) is 17.7. The van der Waals surface area contributed by atoms with Crippen molar-refractivity contribution in [2.75, 3.05) is 18.0 Å². The highest BCUT2D eigenvalue weighted by Gasteiger charge is 2.46. The Balaban J connectivity index is 1.19. The quantitative estimate of drug-likeness (QED) is 0.653. The molecule has 4 fully saturated rings. The highest BCUT2D eigenvalue weighted by Crippen LogP contribution is 2.39. The summed E-state index contributed by atoms with van der Waals surface area (Å²) in [5.74, 6) is 1.67. The Hall–Kier alpha value is -2.90. The number of hydrogen-bond donors (Lipinski definition) is 0. The van der Waals surface area contributed by atoms with E-state index < -0.39 is 0 Å². The van der Waals surface area contributed by atoms with E-state index in [4.69, 9.17) is 0 Å². The summed E-state index contributed by atoms with van der Waals surface area (Å²) in [6.07, 6.45) is 16.0. The van der Waals surface area contributed by atoms with Crippen LogP contribution in [0, 0.1) is 5.92 Å². The van der Waals surface area contributed by atoms with Crippen molar-refractivity contribution in [3.63, 3.8) is 0 Å². The molecule has 5 heterocycles. The van der Waals surface area contributed by atoms with Crippen LogP contribution in [0.25, 0.3) is 16.6 Å². The van der Waals surface area contributed by atoms with E-state index in [9.17, 15) is 4.79 Å². The smallest absolute Gasteiger partial charge is 0.226 e. The summed E-state index contributed by atoms with van der Waals surface area (Å²) < 4.78 is 4.05. The first-order chi connectivity index (χ1) is 15.2. The van der Waals surface area contributed by atoms with Gasteiger partial charge in [0.1, 0.15) is 11.8 Å². The van der Waals surface area contributed by atoms with Crippen LogP contribution < -0.4 is 4.90 Å². The van der Waals surface area contributed by atoms with Crippen molar-refractivity contribution < 1.29 is 4.79 Å². The summed E-state index contributed by atoms with van der Waals surface area (Å²) in [5, 5.41) is 9.06. The molecule has 0 aromatic carbocycles. The lowest BCUT2D eigenvalue weighted by Crippen LogP contribution is -2.56. The van der Waals surface area contributed by atoms with Crippen LogP contribution in [0.3, 0.4) is 0 Å². The van der Waals surface area contributed by atoms with Gasteiger partial charge >= 0.3 is 0 Å². The van der Waals surface area contributed by atoms with Crippen LogP contribution in [0.1, 0.15) is 51.0 Å². The maximum atomic E-state index is 12.8. The van der Waals surface area contributed by atoms with Crippen LogP contribution in [-0.2, 0) is 4.79 Å². The van der Waals surface area contributed by atoms with E-state index >= 15 is 0 Å². The summed E-state index contributed by atoms with van der Waals surface area (Å²) in [7, 11) is 0. The Morgan fingerprint density at radius 2 is 1.71 bits per heavy atom. The molecule has 8 heteroatoms. The minimum absolute atomic E-state index is 0.300. The summed E-state index contributed by atoms with van der Waals surface area (Å²) in [4.78, 5) is 22.0. The van der Waals surface area contributed by atoms with Gasteiger partial charge in [0.2, 0.25) is 5.91 Å². The number of anilines is 1. The first-order valence-electron chi connectivity index (χ1n) is 11.7. The van der Waals surface area contributed by atoms with Gasteiger partial charge in [-0.15, -0.1) is 0 Å². The van der Waals surface area contributed by atoms with E-state index in [0.717, 1.165) is 61.2 Å². The molecule has 3 aromatic heterocycles. The van der Waals surface area contributed by atoms with Crippen LogP contribution in [-0.4, -0.2) is 60.4 Å². The van der Waals surface area contributed by atoms with Gasteiger partial charge in [0.05, 0.1) is 12.2 Å². The third-order valence-electron chi connectivity index (χ3n) is 7.73. The fourth-order valence-corrected chi connectivity index (χ4v) is 5.63. The number of nitrogens with zero attached hydrogens (tertiary/aromatic N) is 7. The second-order valence-corrected chi connectivity index (χ2v) is 9.75. The van der Waals surface area contributed by atoms with Gasteiger partial charge in [-0.2, -0.15) is 10.2 Å². The zero-order valence-corrected chi connectivity index (χ0v) is 17.6. The highest BCUT2D eigenvalue weighted by molar-refractivity contribution is 5.83. The van der Waals surface area contributed by atoms with Crippen molar-refractivity contribution in [3.8, 4) is 11.1 Å². The predicted octanol–water partition coefficient (Wildman–Crippen LogP) is 2.91. The molecule has 2 saturated carbocycles. The monoisotopic (exact) mass is 417 g/mol. The lowest BCUT2D eigenvalue weighted by molar-refractivity contribution is -0.135. The number of carbonyl (C=O) groups is 1. The molecule has 160 valence electrons. The van der Waals surface area contributed by atoms with Gasteiger partial charge < -0.3 is 9.80 Å². The van der Waals surface area contributed by atoms with E-state index in [0.29, 0.717) is 30.0 Å². The van der Waals surface area contributed by atoms with E-state index in [2.05, 4.69) is 48.1 Å². The molecule has 31 heavy (non-hydrogen) atoms. The van der Waals surface area contributed by atoms with Crippen molar-refractivity contribution in [1.82, 2.24) is 29.3 Å². The summed E-state index contributed by atoms with van der Waals surface area (Å²) in [6.45, 7) is 1.73. The second-order valence-electron chi connectivity index (χ2n) is 9.75. The zero-order valence-electron chi connectivity index (χ0n) is 17.6. The topological polar surface area (TPSA) is 71.6 Å². The number of fused-ring (bicyclic) bond motifs is 3. The van der Waals surface area contributed by atoms with Crippen LogP contribution >= 0.6 is 0 Å². The van der Waals surface area contributed by atoms with E-state index in [1.165, 1.54) is 19.3 Å². The van der Waals surface area contributed by atoms with Gasteiger partial charge in [0.25, 0.3) is 0 Å². The Morgan fingerprint density at radius 1 is 0.903 bits per heavy atom. The third-order valence-corrected chi connectivity index (χ3v) is 7.73. The van der Waals surface area contributed by atoms with E-state index in [-0.39, 0.29) is 0 Å². The fraction of sp³-hybridized carbons (Fsp3) is 0.565. The lowest BCUT2D eigenvalue weighted by atomic mass is 9.93. The molecule has 7 rings (SSSR count).